The molecule has 110 valence electrons. The molecule has 1 aromatic carbocycles. The Morgan fingerprint density at radius 1 is 1.40 bits per heavy atom. The lowest BCUT2D eigenvalue weighted by atomic mass is 10.2. The Morgan fingerprint density at radius 3 is 2.75 bits per heavy atom. The summed E-state index contributed by atoms with van der Waals surface area (Å²) in [5.74, 6) is -0.187. The fourth-order valence-corrected chi connectivity index (χ4v) is 2.73. The molecule has 1 amide bonds. The Kier molecular flexibility index (Phi) is 5.51. The van der Waals surface area contributed by atoms with Crippen molar-refractivity contribution in [3.63, 3.8) is 0 Å². The van der Waals surface area contributed by atoms with E-state index in [2.05, 4.69) is 15.9 Å². The van der Waals surface area contributed by atoms with Gasteiger partial charge in [0.2, 0.25) is 5.91 Å². The molecule has 1 saturated heterocycles. The number of amides is 1. The van der Waals surface area contributed by atoms with Gasteiger partial charge in [-0.05, 0) is 30.8 Å². The molecule has 0 saturated carbocycles. The van der Waals surface area contributed by atoms with Crippen LogP contribution in [-0.4, -0.2) is 55.6 Å². The molecule has 2 rings (SSSR count). The molecular weight excluding hydrogens is 327 g/mol. The topological polar surface area (TPSA) is 32.8 Å². The Balaban J connectivity index is 1.88. The summed E-state index contributed by atoms with van der Waals surface area (Å²) < 4.78 is 19.2. The van der Waals surface area contributed by atoms with E-state index in [4.69, 9.17) is 4.74 Å². The zero-order valence-corrected chi connectivity index (χ0v) is 13.0. The molecule has 0 spiro atoms. The molecule has 0 aliphatic carbocycles. The van der Waals surface area contributed by atoms with Crippen molar-refractivity contribution in [2.45, 2.75) is 6.54 Å². The molecule has 1 fully saturated rings. The van der Waals surface area contributed by atoms with Crippen LogP contribution in [0.1, 0.15) is 5.56 Å². The van der Waals surface area contributed by atoms with E-state index >= 15 is 0 Å². The molecule has 1 aliphatic heterocycles. The molecule has 0 radical (unpaired) electrons. The second-order valence-corrected chi connectivity index (χ2v) is 5.86. The number of morpholine rings is 1. The number of benzene rings is 1. The fourth-order valence-electron chi connectivity index (χ4n) is 2.21. The Labute approximate surface area is 126 Å². The first-order valence-corrected chi connectivity index (χ1v) is 7.33. The van der Waals surface area contributed by atoms with Gasteiger partial charge in [-0.15, -0.1) is 0 Å². The van der Waals surface area contributed by atoms with Crippen LogP contribution in [0, 0.1) is 5.82 Å². The highest BCUT2D eigenvalue weighted by molar-refractivity contribution is 9.10. The van der Waals surface area contributed by atoms with Crippen LogP contribution in [0.4, 0.5) is 4.39 Å². The van der Waals surface area contributed by atoms with Crippen LogP contribution in [0.25, 0.3) is 0 Å². The summed E-state index contributed by atoms with van der Waals surface area (Å²) in [4.78, 5) is 15.8. The Bertz CT molecular complexity index is 458. The standard InChI is InChI=1S/C14H18BrFN2O2/c1-17(9-11-6-12(15)8-13(16)7-11)10-14(19)18-2-4-20-5-3-18/h6-8H,2-5,9-10H2,1H3. The number of ether oxygens (including phenoxy) is 1. The van der Waals surface area contributed by atoms with Gasteiger partial charge in [0.05, 0.1) is 19.8 Å². The van der Waals surface area contributed by atoms with Crippen molar-refractivity contribution in [1.82, 2.24) is 9.80 Å². The quantitative estimate of drug-likeness (QED) is 0.836. The molecule has 0 N–H and O–H groups in total. The van der Waals surface area contributed by atoms with Crippen LogP contribution in [0.15, 0.2) is 22.7 Å². The molecule has 0 atom stereocenters. The van der Waals surface area contributed by atoms with Crippen molar-refractivity contribution in [2.24, 2.45) is 0 Å². The van der Waals surface area contributed by atoms with E-state index in [-0.39, 0.29) is 11.7 Å². The lowest BCUT2D eigenvalue weighted by Gasteiger charge is -2.28. The molecule has 1 aromatic rings. The predicted octanol–water partition coefficient (Wildman–Crippen LogP) is 1.88. The lowest BCUT2D eigenvalue weighted by molar-refractivity contribution is -0.136. The molecular formula is C14H18BrFN2O2. The van der Waals surface area contributed by atoms with E-state index in [1.165, 1.54) is 12.1 Å². The number of halogens is 2. The number of hydrogen-bond donors (Lipinski definition) is 0. The Hall–Kier alpha value is -0.980. The minimum Gasteiger partial charge on any atom is -0.378 e. The summed E-state index contributed by atoms with van der Waals surface area (Å²) in [6.45, 7) is 3.37. The van der Waals surface area contributed by atoms with Gasteiger partial charge < -0.3 is 9.64 Å². The van der Waals surface area contributed by atoms with Gasteiger partial charge >= 0.3 is 0 Å². The molecule has 1 aliphatic rings. The number of carbonyl (C=O) groups is 1. The minimum atomic E-state index is -0.276. The third kappa shape index (κ3) is 4.54. The van der Waals surface area contributed by atoms with E-state index < -0.39 is 0 Å². The van der Waals surface area contributed by atoms with E-state index in [9.17, 15) is 9.18 Å². The molecule has 0 aromatic heterocycles. The van der Waals surface area contributed by atoms with Crippen LogP contribution >= 0.6 is 15.9 Å². The van der Waals surface area contributed by atoms with Gasteiger partial charge in [0, 0.05) is 24.1 Å². The summed E-state index contributed by atoms with van der Waals surface area (Å²) in [5, 5.41) is 0. The summed E-state index contributed by atoms with van der Waals surface area (Å²) in [6.07, 6.45) is 0. The van der Waals surface area contributed by atoms with E-state index in [0.29, 0.717) is 43.9 Å². The van der Waals surface area contributed by atoms with Crippen LogP contribution in [0.3, 0.4) is 0 Å². The van der Waals surface area contributed by atoms with Gasteiger partial charge in [-0.2, -0.15) is 0 Å². The second-order valence-electron chi connectivity index (χ2n) is 4.94. The molecule has 20 heavy (non-hydrogen) atoms. The second kappa shape index (κ2) is 7.15. The molecule has 6 heteroatoms. The molecule has 4 nitrogen and oxygen atoms in total. The first kappa shape index (κ1) is 15.4. The zero-order chi connectivity index (χ0) is 14.5. The van der Waals surface area contributed by atoms with Gasteiger partial charge in [-0.3, -0.25) is 9.69 Å². The van der Waals surface area contributed by atoms with Gasteiger partial charge in [0.25, 0.3) is 0 Å². The van der Waals surface area contributed by atoms with Crippen LogP contribution in [0.5, 0.6) is 0 Å². The number of likely N-dealkylation sites (N-methyl/N-ethyl adjacent to an activating group) is 1. The Morgan fingerprint density at radius 2 is 2.10 bits per heavy atom. The summed E-state index contributed by atoms with van der Waals surface area (Å²) in [5.41, 5.74) is 0.842. The van der Waals surface area contributed by atoms with Gasteiger partial charge in [0.15, 0.2) is 0 Å². The van der Waals surface area contributed by atoms with Crippen molar-refractivity contribution < 1.29 is 13.9 Å². The van der Waals surface area contributed by atoms with E-state index in [0.717, 1.165) is 5.56 Å². The van der Waals surface area contributed by atoms with Gasteiger partial charge in [-0.1, -0.05) is 15.9 Å². The highest BCUT2D eigenvalue weighted by Crippen LogP contribution is 2.16. The van der Waals surface area contributed by atoms with Crippen molar-refractivity contribution in [3.05, 3.63) is 34.1 Å². The average molecular weight is 345 g/mol. The van der Waals surface area contributed by atoms with E-state index in [1.54, 1.807) is 0 Å². The predicted molar refractivity (Wildman–Crippen MR) is 77.8 cm³/mol. The van der Waals surface area contributed by atoms with Gasteiger partial charge in [0.1, 0.15) is 5.82 Å². The van der Waals surface area contributed by atoms with Crippen molar-refractivity contribution in [2.75, 3.05) is 39.9 Å². The first-order chi connectivity index (χ1) is 9.54. The summed E-state index contributed by atoms with van der Waals surface area (Å²) in [7, 11) is 1.86. The number of carbonyl (C=O) groups excluding carboxylic acids is 1. The summed E-state index contributed by atoms with van der Waals surface area (Å²) >= 11 is 3.27. The smallest absolute Gasteiger partial charge is 0.236 e. The molecule has 1 heterocycles. The largest absolute Gasteiger partial charge is 0.378 e. The number of nitrogens with zero attached hydrogens (tertiary/aromatic N) is 2. The highest BCUT2D eigenvalue weighted by atomic mass is 79.9. The number of rotatable bonds is 4. The maximum Gasteiger partial charge on any atom is 0.236 e. The van der Waals surface area contributed by atoms with E-state index in [1.807, 2.05) is 22.9 Å². The first-order valence-electron chi connectivity index (χ1n) is 6.53. The van der Waals surface area contributed by atoms with Crippen molar-refractivity contribution in [3.8, 4) is 0 Å². The van der Waals surface area contributed by atoms with Crippen LogP contribution in [0.2, 0.25) is 0 Å². The maximum absolute atomic E-state index is 13.3. The fraction of sp³-hybridized carbons (Fsp3) is 0.500. The minimum absolute atomic E-state index is 0.0891. The zero-order valence-electron chi connectivity index (χ0n) is 11.4. The molecule has 0 unspecified atom stereocenters. The third-order valence-corrected chi connectivity index (χ3v) is 3.60. The lowest BCUT2D eigenvalue weighted by Crippen LogP contribution is -2.44. The van der Waals surface area contributed by atoms with Crippen molar-refractivity contribution in [1.29, 1.82) is 0 Å². The van der Waals surface area contributed by atoms with Crippen LogP contribution < -0.4 is 0 Å². The SMILES string of the molecule is CN(CC(=O)N1CCOCC1)Cc1cc(F)cc(Br)c1. The maximum atomic E-state index is 13.3. The van der Waals surface area contributed by atoms with Crippen LogP contribution in [-0.2, 0) is 16.1 Å². The highest BCUT2D eigenvalue weighted by Gasteiger charge is 2.18. The van der Waals surface area contributed by atoms with Gasteiger partial charge in [-0.25, -0.2) is 4.39 Å². The third-order valence-electron chi connectivity index (χ3n) is 3.14. The average Bonchev–Trinajstić information content (AvgIpc) is 2.38. The summed E-state index contributed by atoms with van der Waals surface area (Å²) in [6, 6.07) is 4.77. The van der Waals surface area contributed by atoms with Crippen molar-refractivity contribution >= 4 is 21.8 Å². The number of hydrogen-bond acceptors (Lipinski definition) is 3. The normalized spacial score (nSPS) is 15.7. The molecule has 0 bridgehead atoms. The monoisotopic (exact) mass is 344 g/mol.